The molecule has 0 unspecified atom stereocenters. The molecule has 0 fully saturated rings. The van der Waals surface area contributed by atoms with E-state index >= 15 is 0 Å². The molecule has 0 atom stereocenters. The second-order valence-corrected chi connectivity index (χ2v) is 11.6. The number of nitro benzene ring substituents is 2. The number of hydrogen-bond acceptors (Lipinski definition) is 6. The number of rotatable bonds is 6. The number of nitrogen functional groups attached to an aromatic ring is 1. The van der Waals surface area contributed by atoms with Gasteiger partial charge < -0.3 is 15.8 Å². The van der Waals surface area contributed by atoms with Crippen LogP contribution in [-0.2, 0) is 0 Å². The summed E-state index contributed by atoms with van der Waals surface area (Å²) >= 11 is 6.34. The molecule has 0 aliphatic rings. The molecule has 0 bridgehead atoms. The molecule has 0 heterocycles. The zero-order valence-electron chi connectivity index (χ0n) is 26.0. The van der Waals surface area contributed by atoms with Crippen molar-refractivity contribution in [3.63, 3.8) is 0 Å². The van der Waals surface area contributed by atoms with Crippen molar-refractivity contribution >= 4 is 60.3 Å². The number of nitrogens with zero attached hydrogens (tertiary/aromatic N) is 2. The molecule has 0 saturated carbocycles. The van der Waals surface area contributed by atoms with Gasteiger partial charge in [-0.2, -0.15) is 4.39 Å². The van der Waals surface area contributed by atoms with Crippen LogP contribution in [0.2, 0.25) is 0 Å². The van der Waals surface area contributed by atoms with Crippen LogP contribution in [0.15, 0.2) is 155 Å². The number of para-hydroxylation sites is 2. The van der Waals surface area contributed by atoms with Crippen LogP contribution >= 0.6 is 31.9 Å². The van der Waals surface area contributed by atoms with Crippen molar-refractivity contribution in [1.29, 1.82) is 0 Å². The molecule has 0 saturated heterocycles. The van der Waals surface area contributed by atoms with E-state index in [-0.39, 0.29) is 66.7 Å². The summed E-state index contributed by atoms with van der Waals surface area (Å²) in [7, 11) is 0. The van der Waals surface area contributed by atoms with Crippen molar-refractivity contribution in [3.05, 3.63) is 181 Å². The van der Waals surface area contributed by atoms with Crippen LogP contribution in [0.1, 0.15) is 0 Å². The summed E-state index contributed by atoms with van der Waals surface area (Å²) in [6.45, 7) is 0. The molecule has 6 rings (SSSR count). The first-order valence-electron chi connectivity index (χ1n) is 14.0. The second-order valence-electron chi connectivity index (χ2n) is 9.76. The molecular formula is C36H27Br2F2KN4O4. The second kappa shape index (κ2) is 20.6. The zero-order chi connectivity index (χ0) is 33.8. The van der Waals surface area contributed by atoms with E-state index in [0.717, 1.165) is 44.7 Å². The topological polar surface area (TPSA) is 124 Å². The van der Waals surface area contributed by atoms with Crippen molar-refractivity contribution in [3.8, 4) is 22.3 Å². The van der Waals surface area contributed by atoms with Crippen LogP contribution in [0.3, 0.4) is 0 Å². The summed E-state index contributed by atoms with van der Waals surface area (Å²) in [4.78, 5) is 20.2. The predicted octanol–water partition coefficient (Wildman–Crippen LogP) is 5.21. The number of hydrogen-bond donors (Lipinski definition) is 2. The molecule has 3 N–H and O–H groups in total. The normalized spacial score (nSPS) is 9.61. The minimum Gasteiger partial charge on any atom is -1.00 e. The average molecular weight is 817 g/mol. The van der Waals surface area contributed by atoms with E-state index in [1.165, 1.54) is 17.7 Å². The van der Waals surface area contributed by atoms with E-state index in [4.69, 9.17) is 5.73 Å². The van der Waals surface area contributed by atoms with Gasteiger partial charge in [0.05, 0.1) is 9.85 Å². The Balaban J connectivity index is 0.000000273. The molecule has 6 aromatic rings. The molecule has 0 aromatic heterocycles. The van der Waals surface area contributed by atoms with E-state index < -0.39 is 16.4 Å². The van der Waals surface area contributed by atoms with Crippen LogP contribution in [0.5, 0.6) is 0 Å². The maximum Gasteiger partial charge on any atom is 1.00 e. The largest absolute Gasteiger partial charge is 1.00 e. The van der Waals surface area contributed by atoms with Crippen LogP contribution in [0.25, 0.3) is 22.3 Å². The Morgan fingerprint density at radius 1 is 0.571 bits per heavy atom. The fourth-order valence-electron chi connectivity index (χ4n) is 4.38. The van der Waals surface area contributed by atoms with Gasteiger partial charge in [0.1, 0.15) is 5.69 Å². The monoisotopic (exact) mass is 814 g/mol. The van der Waals surface area contributed by atoms with Gasteiger partial charge in [-0.15, -0.1) is 0 Å². The van der Waals surface area contributed by atoms with Crippen LogP contribution in [0.4, 0.5) is 32.8 Å². The quantitative estimate of drug-likeness (QED) is 0.103. The first-order chi connectivity index (χ1) is 22.6. The summed E-state index contributed by atoms with van der Waals surface area (Å²) in [5.41, 5.74) is 11.8. The van der Waals surface area contributed by atoms with Crippen molar-refractivity contribution in [2.75, 3.05) is 11.1 Å². The van der Waals surface area contributed by atoms with Crippen molar-refractivity contribution < 1.29 is 70.3 Å². The molecule has 0 aliphatic heterocycles. The third-order valence-electron chi connectivity index (χ3n) is 6.59. The molecule has 0 radical (unpaired) electrons. The Morgan fingerprint density at radius 3 is 1.55 bits per heavy atom. The Kier molecular flexibility index (Phi) is 17.4. The first kappa shape index (κ1) is 41.3. The number of nitro groups is 2. The van der Waals surface area contributed by atoms with Crippen molar-refractivity contribution in [2.24, 2.45) is 0 Å². The smallest absolute Gasteiger partial charge is 1.00 e. The van der Waals surface area contributed by atoms with Gasteiger partial charge in [0.15, 0.2) is 0 Å². The van der Waals surface area contributed by atoms with E-state index in [1.54, 1.807) is 12.1 Å². The Bertz CT molecular complexity index is 1990. The van der Waals surface area contributed by atoms with E-state index in [0.29, 0.717) is 10.2 Å². The number of nitrogens with one attached hydrogen (secondary N) is 1. The maximum atomic E-state index is 12.6. The molecule has 13 heteroatoms. The maximum absolute atomic E-state index is 12.6. The van der Waals surface area contributed by atoms with Crippen molar-refractivity contribution in [1.82, 2.24) is 0 Å². The van der Waals surface area contributed by atoms with Crippen LogP contribution in [0, 0.1) is 26.0 Å². The Hall–Kier alpha value is -3.82. The SMILES string of the molecule is Nc1ccccc1-c1ccccc1.O=[N+]([O-])c1ccc(Br)cc1F.O=[N+]([O-])c1ccc(Br)cc1Nc1ccccc1-c1ccccc1.[F-].[K+]. The molecule has 49 heavy (non-hydrogen) atoms. The number of halogens is 4. The molecular weight excluding hydrogens is 789 g/mol. The molecule has 0 aliphatic carbocycles. The third-order valence-corrected chi connectivity index (χ3v) is 7.58. The van der Waals surface area contributed by atoms with Gasteiger partial charge >= 0.3 is 57.1 Å². The van der Waals surface area contributed by atoms with Gasteiger partial charge in [0.2, 0.25) is 5.82 Å². The average Bonchev–Trinajstić information content (AvgIpc) is 3.06. The van der Waals surface area contributed by atoms with E-state index in [1.807, 2.05) is 97.1 Å². The van der Waals surface area contributed by atoms with E-state index in [2.05, 4.69) is 49.3 Å². The van der Waals surface area contributed by atoms with Crippen LogP contribution in [-0.4, -0.2) is 9.85 Å². The minimum atomic E-state index is -0.829. The van der Waals surface area contributed by atoms with Gasteiger partial charge in [-0.05, 0) is 47.5 Å². The van der Waals surface area contributed by atoms with Gasteiger partial charge in [-0.1, -0.05) is 129 Å². The molecule has 6 aromatic carbocycles. The van der Waals surface area contributed by atoms with Crippen LogP contribution < -0.4 is 67.1 Å². The Morgan fingerprint density at radius 2 is 1.02 bits per heavy atom. The molecule has 244 valence electrons. The number of benzene rings is 6. The minimum absolute atomic E-state index is 0. The molecule has 8 nitrogen and oxygen atoms in total. The number of nitrogens with two attached hydrogens (primary N) is 1. The fraction of sp³-hybridized carbons (Fsp3) is 0. The van der Waals surface area contributed by atoms with Gasteiger partial charge in [0, 0.05) is 43.6 Å². The fourth-order valence-corrected chi connectivity index (χ4v) is 5.08. The molecule has 0 amide bonds. The summed E-state index contributed by atoms with van der Waals surface area (Å²) in [6.07, 6.45) is 0. The van der Waals surface area contributed by atoms with Gasteiger partial charge in [0.25, 0.3) is 5.69 Å². The molecule has 0 spiro atoms. The predicted molar refractivity (Wildman–Crippen MR) is 193 cm³/mol. The van der Waals surface area contributed by atoms with Gasteiger partial charge in [-0.25, -0.2) is 0 Å². The standard InChI is InChI=1S/C18H13BrN2O2.C12H11N.C6H3BrFNO2.FH.K/c19-14-10-11-18(21(22)23)17(12-14)20-16-9-5-4-8-15(16)13-6-2-1-3-7-13;13-12-9-5-4-8-11(12)10-6-2-1-3-7-10;7-4-1-2-6(9(10)11)5(8)3-4;;/h1-12,20H;1-9H,13H2;1-3H;1H;/q;;;;+1/p-1. The zero-order valence-corrected chi connectivity index (χ0v) is 32.3. The summed E-state index contributed by atoms with van der Waals surface area (Å²) in [5.74, 6) is -0.829. The van der Waals surface area contributed by atoms with E-state index in [9.17, 15) is 24.6 Å². The van der Waals surface area contributed by atoms with Gasteiger partial charge in [-0.3, -0.25) is 20.2 Å². The third kappa shape index (κ3) is 12.2. The number of anilines is 3. The van der Waals surface area contributed by atoms with Crippen molar-refractivity contribution in [2.45, 2.75) is 0 Å². The summed E-state index contributed by atoms with van der Waals surface area (Å²) in [6, 6.07) is 44.1. The summed E-state index contributed by atoms with van der Waals surface area (Å²) in [5, 5.41) is 24.5. The first-order valence-corrected chi connectivity index (χ1v) is 15.6. The Labute approximate surface area is 340 Å². The summed E-state index contributed by atoms with van der Waals surface area (Å²) < 4.78 is 13.9.